The number of hydrogen-bond donors (Lipinski definition) is 1. The summed E-state index contributed by atoms with van der Waals surface area (Å²) in [6.07, 6.45) is 5.35. The molecular formula is C18H18N4OS2. The molecule has 3 aromatic rings. The van der Waals surface area contributed by atoms with Gasteiger partial charge in [0.1, 0.15) is 15.7 Å². The quantitative estimate of drug-likeness (QED) is 0.761. The average Bonchev–Trinajstić information content (AvgIpc) is 3.35. The summed E-state index contributed by atoms with van der Waals surface area (Å²) in [5.41, 5.74) is 1.08. The van der Waals surface area contributed by atoms with Gasteiger partial charge in [0.05, 0.1) is 6.20 Å². The highest BCUT2D eigenvalue weighted by Gasteiger charge is 2.22. The Labute approximate surface area is 154 Å². The van der Waals surface area contributed by atoms with Gasteiger partial charge in [-0.25, -0.2) is 9.97 Å². The second kappa shape index (κ2) is 7.33. The first-order valence-electron chi connectivity index (χ1n) is 8.25. The Morgan fingerprint density at radius 1 is 1.20 bits per heavy atom. The second-order valence-corrected chi connectivity index (χ2v) is 7.78. The van der Waals surface area contributed by atoms with Crippen LogP contribution in [0.1, 0.15) is 22.5 Å². The number of thiazole rings is 1. The van der Waals surface area contributed by atoms with E-state index >= 15 is 0 Å². The predicted molar refractivity (Wildman–Crippen MR) is 102 cm³/mol. The molecule has 3 aromatic heterocycles. The van der Waals surface area contributed by atoms with E-state index in [9.17, 15) is 4.79 Å². The molecule has 1 fully saturated rings. The van der Waals surface area contributed by atoms with E-state index in [4.69, 9.17) is 0 Å². The highest BCUT2D eigenvalue weighted by atomic mass is 32.1. The van der Waals surface area contributed by atoms with Crippen LogP contribution in [0.25, 0.3) is 10.6 Å². The molecule has 1 amide bonds. The lowest BCUT2D eigenvalue weighted by atomic mass is 10.0. The Hall–Kier alpha value is -2.25. The molecule has 1 aliphatic heterocycles. The van der Waals surface area contributed by atoms with Crippen LogP contribution in [-0.4, -0.2) is 35.0 Å². The lowest BCUT2D eigenvalue weighted by Crippen LogP contribution is -2.44. The van der Waals surface area contributed by atoms with Crippen LogP contribution in [0.4, 0.5) is 5.82 Å². The van der Waals surface area contributed by atoms with Gasteiger partial charge in [-0.15, -0.1) is 11.3 Å². The van der Waals surface area contributed by atoms with Crippen LogP contribution in [-0.2, 0) is 0 Å². The number of nitrogens with one attached hydrogen (secondary N) is 1. The standard InChI is InChI=1S/C18H18N4OS2/c23-17(15-11-20-18(25-15)13-6-10-24-12-13)21-14-4-8-22(9-5-14)16-3-1-2-7-19-16/h1-3,6-7,10-12,14H,4-5,8-9H2,(H,21,23). The number of aromatic nitrogens is 2. The minimum Gasteiger partial charge on any atom is -0.356 e. The number of carbonyl (C=O) groups excluding carboxylic acids is 1. The summed E-state index contributed by atoms with van der Waals surface area (Å²) in [6.45, 7) is 1.82. The summed E-state index contributed by atoms with van der Waals surface area (Å²) in [4.78, 5) is 24.2. The van der Waals surface area contributed by atoms with Gasteiger partial charge >= 0.3 is 0 Å². The molecule has 7 heteroatoms. The van der Waals surface area contributed by atoms with Crippen molar-refractivity contribution in [3.05, 3.63) is 52.3 Å². The van der Waals surface area contributed by atoms with Crippen LogP contribution in [0.2, 0.25) is 0 Å². The molecule has 0 unspecified atom stereocenters. The number of nitrogens with zero attached hydrogens (tertiary/aromatic N) is 3. The molecule has 0 saturated carbocycles. The molecule has 4 heterocycles. The first kappa shape index (κ1) is 16.2. The largest absolute Gasteiger partial charge is 0.356 e. The van der Waals surface area contributed by atoms with Gasteiger partial charge in [0.15, 0.2) is 0 Å². The third kappa shape index (κ3) is 3.72. The summed E-state index contributed by atoms with van der Waals surface area (Å²) in [7, 11) is 0. The zero-order valence-corrected chi connectivity index (χ0v) is 15.2. The SMILES string of the molecule is O=C(NC1CCN(c2ccccn2)CC1)c1cnc(-c2ccsc2)s1. The molecule has 0 aromatic carbocycles. The van der Waals surface area contributed by atoms with Gasteiger partial charge in [-0.1, -0.05) is 6.07 Å². The van der Waals surface area contributed by atoms with Crippen LogP contribution >= 0.6 is 22.7 Å². The zero-order valence-electron chi connectivity index (χ0n) is 13.6. The monoisotopic (exact) mass is 370 g/mol. The fourth-order valence-corrected chi connectivity index (χ4v) is 4.48. The van der Waals surface area contributed by atoms with Crippen molar-refractivity contribution < 1.29 is 4.79 Å². The first-order valence-corrected chi connectivity index (χ1v) is 10.0. The van der Waals surface area contributed by atoms with E-state index in [0.717, 1.165) is 42.3 Å². The lowest BCUT2D eigenvalue weighted by molar-refractivity contribution is 0.0935. The summed E-state index contributed by atoms with van der Waals surface area (Å²) in [5.74, 6) is 0.991. The summed E-state index contributed by atoms with van der Waals surface area (Å²) >= 11 is 3.08. The minimum atomic E-state index is -0.0183. The summed E-state index contributed by atoms with van der Waals surface area (Å²) in [6, 6.07) is 8.20. The van der Waals surface area contributed by atoms with Crippen LogP contribution in [0.5, 0.6) is 0 Å². The van der Waals surface area contributed by atoms with Gasteiger partial charge in [-0.2, -0.15) is 11.3 Å². The third-order valence-electron chi connectivity index (χ3n) is 4.30. The van der Waals surface area contributed by atoms with E-state index < -0.39 is 0 Å². The van der Waals surface area contributed by atoms with Gasteiger partial charge in [-0.05, 0) is 36.4 Å². The number of thiophene rings is 1. The van der Waals surface area contributed by atoms with E-state index in [1.807, 2.05) is 41.2 Å². The van der Waals surface area contributed by atoms with Gasteiger partial charge in [-0.3, -0.25) is 4.79 Å². The van der Waals surface area contributed by atoms with E-state index in [1.165, 1.54) is 11.3 Å². The Morgan fingerprint density at radius 2 is 2.08 bits per heavy atom. The molecule has 25 heavy (non-hydrogen) atoms. The Morgan fingerprint density at radius 3 is 2.80 bits per heavy atom. The fourth-order valence-electron chi connectivity index (χ4n) is 2.95. The first-order chi connectivity index (χ1) is 12.3. The van der Waals surface area contributed by atoms with Crippen LogP contribution < -0.4 is 10.2 Å². The van der Waals surface area contributed by atoms with Crippen LogP contribution in [0.15, 0.2) is 47.4 Å². The predicted octanol–water partition coefficient (Wildman–Crippen LogP) is 3.67. The normalized spacial score (nSPS) is 15.3. The highest BCUT2D eigenvalue weighted by molar-refractivity contribution is 7.17. The molecule has 4 rings (SSSR count). The topological polar surface area (TPSA) is 58.1 Å². The van der Waals surface area contributed by atoms with Crippen molar-refractivity contribution in [3.63, 3.8) is 0 Å². The molecule has 1 N–H and O–H groups in total. The van der Waals surface area contributed by atoms with Crippen molar-refractivity contribution >= 4 is 34.4 Å². The van der Waals surface area contributed by atoms with E-state index in [-0.39, 0.29) is 11.9 Å². The number of amides is 1. The van der Waals surface area contributed by atoms with Crippen molar-refractivity contribution in [1.82, 2.24) is 15.3 Å². The number of rotatable bonds is 4. The number of anilines is 1. The minimum absolute atomic E-state index is 0.0183. The number of carbonyl (C=O) groups is 1. The summed E-state index contributed by atoms with van der Waals surface area (Å²) < 4.78 is 0. The highest BCUT2D eigenvalue weighted by Crippen LogP contribution is 2.27. The maximum Gasteiger partial charge on any atom is 0.263 e. The second-order valence-electron chi connectivity index (χ2n) is 5.96. The molecule has 0 spiro atoms. The van der Waals surface area contributed by atoms with Gasteiger partial charge in [0, 0.05) is 36.3 Å². The molecule has 1 saturated heterocycles. The maximum absolute atomic E-state index is 12.5. The molecule has 0 radical (unpaired) electrons. The molecule has 5 nitrogen and oxygen atoms in total. The van der Waals surface area contributed by atoms with Crippen LogP contribution in [0, 0.1) is 0 Å². The number of hydrogen-bond acceptors (Lipinski definition) is 6. The summed E-state index contributed by atoms with van der Waals surface area (Å²) in [5, 5.41) is 8.12. The fraction of sp³-hybridized carbons (Fsp3) is 0.278. The van der Waals surface area contributed by atoms with Gasteiger partial charge < -0.3 is 10.2 Å². The molecule has 1 aliphatic rings. The van der Waals surface area contributed by atoms with Crippen molar-refractivity contribution in [2.75, 3.05) is 18.0 Å². The van der Waals surface area contributed by atoms with Crippen molar-refractivity contribution in [2.24, 2.45) is 0 Å². The lowest BCUT2D eigenvalue weighted by Gasteiger charge is -2.33. The smallest absolute Gasteiger partial charge is 0.263 e. The molecule has 0 atom stereocenters. The Bertz CT molecular complexity index is 824. The molecule has 0 aliphatic carbocycles. The maximum atomic E-state index is 12.5. The van der Waals surface area contributed by atoms with Crippen molar-refractivity contribution in [3.8, 4) is 10.6 Å². The third-order valence-corrected chi connectivity index (χ3v) is 6.03. The van der Waals surface area contributed by atoms with Crippen LogP contribution in [0.3, 0.4) is 0 Å². The van der Waals surface area contributed by atoms with E-state index in [1.54, 1.807) is 17.5 Å². The number of piperidine rings is 1. The Kier molecular flexibility index (Phi) is 4.76. The average molecular weight is 371 g/mol. The van der Waals surface area contributed by atoms with Gasteiger partial charge in [0.25, 0.3) is 5.91 Å². The van der Waals surface area contributed by atoms with E-state index in [0.29, 0.717) is 4.88 Å². The molecule has 128 valence electrons. The molecular weight excluding hydrogens is 352 g/mol. The molecule has 0 bridgehead atoms. The van der Waals surface area contributed by atoms with Crippen molar-refractivity contribution in [1.29, 1.82) is 0 Å². The Balaban J connectivity index is 1.33. The van der Waals surface area contributed by atoms with E-state index in [2.05, 4.69) is 20.2 Å². The van der Waals surface area contributed by atoms with Gasteiger partial charge in [0.2, 0.25) is 0 Å². The zero-order chi connectivity index (χ0) is 17.1. The number of pyridine rings is 1. The van der Waals surface area contributed by atoms with Crippen molar-refractivity contribution in [2.45, 2.75) is 18.9 Å².